The summed E-state index contributed by atoms with van der Waals surface area (Å²) in [5, 5.41) is 13.8. The maximum Gasteiger partial charge on any atom is 0.322 e. The number of nitrogens with one attached hydrogen (secondary N) is 1. The Morgan fingerprint density at radius 2 is 2.02 bits per heavy atom. The minimum atomic E-state index is -0.273. The number of nitrogens with two attached hydrogens (primary N) is 1. The molecule has 3 aromatic heterocycles. The normalized spacial score (nSPS) is 10.8. The Morgan fingerprint density at radius 3 is 2.71 bits per heavy atom. The van der Waals surface area contributed by atoms with Crippen LogP contribution in [0.15, 0.2) is 67.5 Å². The lowest BCUT2D eigenvalue weighted by molar-refractivity contribution is -0.116. The number of pyridine rings is 1. The van der Waals surface area contributed by atoms with Gasteiger partial charge in [-0.3, -0.25) is 4.79 Å². The molecule has 0 aliphatic heterocycles. The van der Waals surface area contributed by atoms with Crippen LogP contribution in [0.3, 0.4) is 0 Å². The molecular weight excluding hydrogens is 538 g/mol. The first-order valence-electron chi connectivity index (χ1n) is 12.7. The molecule has 3 N–H and O–H groups in total. The minimum absolute atomic E-state index is 0.259. The van der Waals surface area contributed by atoms with Gasteiger partial charge in [-0.25, -0.2) is 15.0 Å². The smallest absolute Gasteiger partial charge is 0.322 e. The van der Waals surface area contributed by atoms with Crippen LogP contribution < -0.4 is 15.8 Å². The van der Waals surface area contributed by atoms with Crippen molar-refractivity contribution in [1.29, 1.82) is 5.26 Å². The van der Waals surface area contributed by atoms with Gasteiger partial charge in [-0.05, 0) is 60.9 Å². The molecule has 0 aliphatic rings. The van der Waals surface area contributed by atoms with Gasteiger partial charge in [0, 0.05) is 42.8 Å². The zero-order chi connectivity index (χ0) is 29.3. The molecule has 5 aromatic rings. The van der Waals surface area contributed by atoms with Crippen LogP contribution in [-0.2, 0) is 18.4 Å². The number of aryl methyl sites for hydroxylation is 3. The summed E-state index contributed by atoms with van der Waals surface area (Å²) in [5.41, 5.74) is 13.1. The number of hydrogen-bond donors (Lipinski definition) is 2. The summed E-state index contributed by atoms with van der Waals surface area (Å²) in [6.07, 6.45) is 4.34. The van der Waals surface area contributed by atoms with Gasteiger partial charge in [0.1, 0.15) is 17.6 Å². The van der Waals surface area contributed by atoms with E-state index in [1.54, 1.807) is 18.3 Å². The lowest BCUT2D eigenvalue weighted by Gasteiger charge is -2.14. The van der Waals surface area contributed by atoms with E-state index in [-0.39, 0.29) is 11.9 Å². The molecule has 0 spiro atoms. The molecule has 0 fully saturated rings. The topological polar surface area (TPSA) is 132 Å². The summed E-state index contributed by atoms with van der Waals surface area (Å²) in [6.45, 7) is 7.58. The first kappa shape index (κ1) is 27.4. The highest BCUT2D eigenvalue weighted by Gasteiger charge is 2.25. The fourth-order valence-electron chi connectivity index (χ4n) is 4.80. The molecule has 0 bridgehead atoms. The molecule has 5 rings (SSSR count). The van der Waals surface area contributed by atoms with E-state index in [2.05, 4.69) is 32.9 Å². The van der Waals surface area contributed by atoms with Crippen LogP contribution in [0.2, 0.25) is 5.02 Å². The number of nitriles is 1. The number of nitrogen functional groups attached to an aromatic ring is 1. The second kappa shape index (κ2) is 11.1. The number of aromatic nitrogens is 4. The number of hydrogen-bond acceptors (Lipinski definition) is 7. The van der Waals surface area contributed by atoms with E-state index in [0.29, 0.717) is 39.6 Å². The zero-order valence-corrected chi connectivity index (χ0v) is 23.5. The van der Waals surface area contributed by atoms with Gasteiger partial charge in [0.2, 0.25) is 5.91 Å². The van der Waals surface area contributed by atoms with Gasteiger partial charge in [0.15, 0.2) is 0 Å². The van der Waals surface area contributed by atoms with Crippen molar-refractivity contribution in [2.24, 2.45) is 7.05 Å². The highest BCUT2D eigenvalue weighted by atomic mass is 35.5. The third-order valence-corrected chi connectivity index (χ3v) is 7.05. The van der Waals surface area contributed by atoms with Crippen LogP contribution in [0.4, 0.5) is 5.82 Å². The predicted octanol–water partition coefficient (Wildman–Crippen LogP) is 6.02. The van der Waals surface area contributed by atoms with Crippen LogP contribution >= 0.6 is 11.6 Å². The molecule has 41 heavy (non-hydrogen) atoms. The highest BCUT2D eigenvalue weighted by Crippen LogP contribution is 2.46. The molecule has 0 radical (unpaired) electrons. The Labute approximate surface area is 241 Å². The van der Waals surface area contributed by atoms with Crippen molar-refractivity contribution in [3.05, 3.63) is 94.9 Å². The van der Waals surface area contributed by atoms with E-state index >= 15 is 0 Å². The molecular formula is C31H26ClN7O2. The number of fused-ring (bicyclic) bond motifs is 1. The van der Waals surface area contributed by atoms with Crippen molar-refractivity contribution in [3.8, 4) is 40.2 Å². The molecule has 0 unspecified atom stereocenters. The third kappa shape index (κ3) is 5.21. The number of halogens is 1. The third-order valence-electron chi connectivity index (χ3n) is 6.74. The van der Waals surface area contributed by atoms with Crippen molar-refractivity contribution >= 4 is 34.2 Å². The molecule has 9 nitrogen and oxygen atoms in total. The molecule has 204 valence electrons. The first-order chi connectivity index (χ1) is 19.7. The number of nitrogens with zero attached hydrogens (tertiary/aromatic N) is 5. The van der Waals surface area contributed by atoms with Gasteiger partial charge in [0.25, 0.3) is 0 Å². The van der Waals surface area contributed by atoms with Crippen molar-refractivity contribution in [2.45, 2.75) is 20.4 Å². The molecule has 0 saturated heterocycles. The lowest BCUT2D eigenvalue weighted by atomic mass is 9.96. The summed E-state index contributed by atoms with van der Waals surface area (Å²) < 4.78 is 7.88. The van der Waals surface area contributed by atoms with Crippen molar-refractivity contribution < 1.29 is 9.53 Å². The fraction of sp³-hybridized carbons (Fsp3) is 0.129. The van der Waals surface area contributed by atoms with Gasteiger partial charge in [-0.2, -0.15) is 5.26 Å². The van der Waals surface area contributed by atoms with Crippen molar-refractivity contribution in [2.75, 3.05) is 5.73 Å². The van der Waals surface area contributed by atoms with Gasteiger partial charge in [-0.1, -0.05) is 36.4 Å². The van der Waals surface area contributed by atoms with Crippen LogP contribution in [0.25, 0.3) is 33.3 Å². The van der Waals surface area contributed by atoms with Crippen LogP contribution in [0, 0.1) is 25.2 Å². The SMILES string of the molecule is C=CC(=O)NCc1ccc(-c2c(-c3ccc(Oc4nccc(C)n4)c(C)c3)c3c(N)ncc(C#N)c3n2C)c(Cl)c1. The number of carbonyl (C=O) groups excluding carboxylic acids is 1. The average Bonchev–Trinajstić information content (AvgIpc) is 3.26. The number of rotatable bonds is 7. The second-order valence-electron chi connectivity index (χ2n) is 9.47. The average molecular weight is 564 g/mol. The van der Waals surface area contributed by atoms with Crippen LogP contribution in [0.1, 0.15) is 22.4 Å². The number of amides is 1. The Kier molecular flexibility index (Phi) is 7.42. The van der Waals surface area contributed by atoms with Crippen LogP contribution in [-0.4, -0.2) is 25.4 Å². The monoisotopic (exact) mass is 563 g/mol. The van der Waals surface area contributed by atoms with Gasteiger partial charge >= 0.3 is 6.01 Å². The maximum absolute atomic E-state index is 11.6. The zero-order valence-electron chi connectivity index (χ0n) is 22.7. The number of benzene rings is 2. The fourth-order valence-corrected chi connectivity index (χ4v) is 5.09. The largest absolute Gasteiger partial charge is 0.424 e. The van der Waals surface area contributed by atoms with Gasteiger partial charge < -0.3 is 20.4 Å². The number of anilines is 1. The maximum atomic E-state index is 11.6. The van der Waals surface area contributed by atoms with Gasteiger partial charge in [0.05, 0.1) is 27.2 Å². The highest BCUT2D eigenvalue weighted by molar-refractivity contribution is 6.34. The molecule has 0 saturated carbocycles. The summed E-state index contributed by atoms with van der Waals surface area (Å²) in [7, 11) is 1.87. The molecule has 3 heterocycles. The Morgan fingerprint density at radius 1 is 1.22 bits per heavy atom. The Bertz CT molecular complexity index is 1890. The summed E-state index contributed by atoms with van der Waals surface area (Å²) in [5.74, 6) is 0.626. The van der Waals surface area contributed by atoms with E-state index in [9.17, 15) is 10.1 Å². The summed E-state index contributed by atoms with van der Waals surface area (Å²) >= 11 is 6.85. The molecule has 10 heteroatoms. The van der Waals surface area contributed by atoms with E-state index in [4.69, 9.17) is 22.1 Å². The molecule has 0 atom stereocenters. The van der Waals surface area contributed by atoms with Crippen molar-refractivity contribution in [3.63, 3.8) is 0 Å². The summed E-state index contributed by atoms with van der Waals surface area (Å²) in [4.78, 5) is 24.5. The van der Waals surface area contributed by atoms with Crippen LogP contribution in [0.5, 0.6) is 11.8 Å². The first-order valence-corrected chi connectivity index (χ1v) is 13.0. The minimum Gasteiger partial charge on any atom is -0.424 e. The van der Waals surface area contributed by atoms with Gasteiger partial charge in [-0.15, -0.1) is 0 Å². The molecule has 2 aromatic carbocycles. The molecule has 0 aliphatic carbocycles. The van der Waals surface area contributed by atoms with E-state index in [0.717, 1.165) is 39.2 Å². The Balaban J connectivity index is 1.68. The van der Waals surface area contributed by atoms with E-state index < -0.39 is 0 Å². The predicted molar refractivity (Wildman–Crippen MR) is 159 cm³/mol. The van der Waals surface area contributed by atoms with Crippen molar-refractivity contribution in [1.82, 2.24) is 24.8 Å². The standard InChI is InChI=1S/C31H26ClN7O2/c1-5-25(40)36-15-19-6-8-22(23(32)13-19)29-26(27-28(39(29)4)21(14-33)16-37-30(27)34)20-7-9-24(17(2)12-20)41-31-35-11-10-18(3)38-31/h5-13,16H,1,15H2,2-4H3,(H2,34,37)(H,36,40). The Hall–Kier alpha value is -5.20. The number of ether oxygens (including phenoxy) is 1. The quantitative estimate of drug-likeness (QED) is 0.231. The number of carbonyl (C=O) groups is 1. The second-order valence-corrected chi connectivity index (χ2v) is 9.88. The summed E-state index contributed by atoms with van der Waals surface area (Å²) in [6, 6.07) is 15.6. The van der Waals surface area contributed by atoms with E-state index in [1.165, 1.54) is 12.3 Å². The van der Waals surface area contributed by atoms with E-state index in [1.807, 2.05) is 55.8 Å². The lowest BCUT2D eigenvalue weighted by Crippen LogP contribution is -2.19. The molecule has 1 amide bonds.